The van der Waals surface area contributed by atoms with E-state index in [2.05, 4.69) is 31.9 Å². The summed E-state index contributed by atoms with van der Waals surface area (Å²) < 4.78 is 12.2. The zero-order valence-corrected chi connectivity index (χ0v) is 14.4. The monoisotopic (exact) mass is 327 g/mol. The van der Waals surface area contributed by atoms with Gasteiger partial charge in [0, 0.05) is 6.20 Å². The minimum absolute atomic E-state index is 0.00191. The fourth-order valence-electron chi connectivity index (χ4n) is 1.95. The van der Waals surface area contributed by atoms with Crippen LogP contribution in [-0.2, 0) is 4.74 Å². The van der Waals surface area contributed by atoms with Gasteiger partial charge in [-0.15, -0.1) is 0 Å². The normalized spacial score (nSPS) is 11.0. The summed E-state index contributed by atoms with van der Waals surface area (Å²) in [5.41, 5.74) is 1.46. The van der Waals surface area contributed by atoms with E-state index in [9.17, 15) is 10.1 Å². The number of carbonyl (C=O) groups excluding carboxylic acids is 1. The number of hydrogen-bond donors (Lipinski definition) is 0. The molecule has 0 spiro atoms. The van der Waals surface area contributed by atoms with Crippen LogP contribution >= 0.6 is 0 Å². The summed E-state index contributed by atoms with van der Waals surface area (Å²) in [5, 5.41) is 13.5. The second-order valence-electron chi connectivity index (χ2n) is 6.54. The SMILES string of the molecule is CCOC(=O)c1cnn(-c2ccc(OCC(C)(C)C)c(C#N)c2)c1. The van der Waals surface area contributed by atoms with Gasteiger partial charge in [-0.05, 0) is 30.5 Å². The van der Waals surface area contributed by atoms with Gasteiger partial charge in [0.1, 0.15) is 11.8 Å². The van der Waals surface area contributed by atoms with E-state index in [-0.39, 0.29) is 5.41 Å². The van der Waals surface area contributed by atoms with Crippen molar-refractivity contribution in [3.05, 3.63) is 41.7 Å². The Balaban J connectivity index is 2.24. The molecular weight excluding hydrogens is 306 g/mol. The fourth-order valence-corrected chi connectivity index (χ4v) is 1.95. The summed E-state index contributed by atoms with van der Waals surface area (Å²) in [6, 6.07) is 7.35. The lowest BCUT2D eigenvalue weighted by Gasteiger charge is -2.19. The lowest BCUT2D eigenvalue weighted by atomic mass is 9.98. The van der Waals surface area contributed by atoms with Crippen molar-refractivity contribution in [3.8, 4) is 17.5 Å². The van der Waals surface area contributed by atoms with Crippen LogP contribution in [0.25, 0.3) is 5.69 Å². The van der Waals surface area contributed by atoms with Crippen LogP contribution in [0, 0.1) is 16.7 Å². The number of benzene rings is 1. The molecule has 0 saturated heterocycles. The van der Waals surface area contributed by atoms with Crippen LogP contribution < -0.4 is 4.74 Å². The molecule has 0 aliphatic heterocycles. The van der Waals surface area contributed by atoms with Gasteiger partial charge >= 0.3 is 5.97 Å². The Morgan fingerprint density at radius 1 is 1.38 bits per heavy atom. The van der Waals surface area contributed by atoms with Crippen LogP contribution in [-0.4, -0.2) is 29.0 Å². The van der Waals surface area contributed by atoms with Gasteiger partial charge in [0.05, 0.1) is 36.2 Å². The van der Waals surface area contributed by atoms with E-state index in [1.54, 1.807) is 31.3 Å². The molecule has 2 rings (SSSR count). The molecule has 126 valence electrons. The largest absolute Gasteiger partial charge is 0.492 e. The Morgan fingerprint density at radius 2 is 2.12 bits per heavy atom. The Morgan fingerprint density at radius 3 is 2.75 bits per heavy atom. The molecule has 6 nitrogen and oxygen atoms in total. The standard InChI is InChI=1S/C18H21N3O3/c1-5-23-17(22)14-10-20-21(11-14)15-6-7-16(13(8-15)9-19)24-12-18(2,3)4/h6-8,10-11H,5,12H2,1-4H3. The molecule has 0 amide bonds. The molecule has 1 heterocycles. The molecule has 0 radical (unpaired) electrons. The van der Waals surface area contributed by atoms with E-state index in [0.29, 0.717) is 35.8 Å². The molecule has 1 aromatic heterocycles. The molecule has 6 heteroatoms. The van der Waals surface area contributed by atoms with Crippen molar-refractivity contribution in [1.82, 2.24) is 9.78 Å². The molecular formula is C18H21N3O3. The molecule has 0 unspecified atom stereocenters. The van der Waals surface area contributed by atoms with E-state index in [1.807, 2.05) is 0 Å². The van der Waals surface area contributed by atoms with E-state index in [0.717, 1.165) is 0 Å². The van der Waals surface area contributed by atoms with E-state index >= 15 is 0 Å². The lowest BCUT2D eigenvalue weighted by molar-refractivity contribution is 0.0526. The number of hydrogen-bond acceptors (Lipinski definition) is 5. The Bertz CT molecular complexity index is 767. The molecule has 0 saturated carbocycles. The number of carbonyl (C=O) groups is 1. The van der Waals surface area contributed by atoms with Crippen molar-refractivity contribution >= 4 is 5.97 Å². The van der Waals surface area contributed by atoms with Gasteiger partial charge in [0.25, 0.3) is 0 Å². The van der Waals surface area contributed by atoms with Crippen LogP contribution in [0.1, 0.15) is 43.6 Å². The van der Waals surface area contributed by atoms with Crippen LogP contribution in [0.3, 0.4) is 0 Å². The smallest absolute Gasteiger partial charge is 0.341 e. The third-order valence-corrected chi connectivity index (χ3v) is 3.10. The van der Waals surface area contributed by atoms with Gasteiger partial charge < -0.3 is 9.47 Å². The second kappa shape index (κ2) is 7.18. The maximum Gasteiger partial charge on any atom is 0.341 e. The Labute approximate surface area is 141 Å². The second-order valence-corrected chi connectivity index (χ2v) is 6.54. The first-order valence-electron chi connectivity index (χ1n) is 7.73. The van der Waals surface area contributed by atoms with Crippen molar-refractivity contribution < 1.29 is 14.3 Å². The zero-order valence-electron chi connectivity index (χ0n) is 14.4. The first-order valence-corrected chi connectivity index (χ1v) is 7.73. The van der Waals surface area contributed by atoms with Gasteiger partial charge in [-0.25, -0.2) is 9.48 Å². The van der Waals surface area contributed by atoms with Gasteiger partial charge in [0.2, 0.25) is 0 Å². The molecule has 24 heavy (non-hydrogen) atoms. The summed E-state index contributed by atoms with van der Waals surface area (Å²) >= 11 is 0. The third kappa shape index (κ3) is 4.35. The highest BCUT2D eigenvalue weighted by Gasteiger charge is 2.14. The summed E-state index contributed by atoms with van der Waals surface area (Å²) in [6.45, 7) is 8.76. The summed E-state index contributed by atoms with van der Waals surface area (Å²) in [4.78, 5) is 11.7. The maximum absolute atomic E-state index is 11.7. The van der Waals surface area contributed by atoms with Crippen LogP contribution in [0.4, 0.5) is 0 Å². The van der Waals surface area contributed by atoms with E-state index < -0.39 is 5.97 Å². The Kier molecular flexibility index (Phi) is 5.24. The van der Waals surface area contributed by atoms with Crippen LogP contribution in [0.15, 0.2) is 30.6 Å². The highest BCUT2D eigenvalue weighted by atomic mass is 16.5. The number of nitrogens with zero attached hydrogens (tertiary/aromatic N) is 3. The molecule has 0 atom stereocenters. The third-order valence-electron chi connectivity index (χ3n) is 3.10. The van der Waals surface area contributed by atoms with E-state index in [4.69, 9.17) is 9.47 Å². The molecule has 0 aliphatic rings. The predicted octanol–water partition coefficient (Wildman–Crippen LogP) is 3.35. The van der Waals surface area contributed by atoms with Crippen molar-refractivity contribution in [2.24, 2.45) is 5.41 Å². The number of nitriles is 1. The summed E-state index contributed by atoms with van der Waals surface area (Å²) in [5.74, 6) is 0.114. The van der Waals surface area contributed by atoms with Crippen LogP contribution in [0.5, 0.6) is 5.75 Å². The average molecular weight is 327 g/mol. The van der Waals surface area contributed by atoms with Crippen LogP contribution in [0.2, 0.25) is 0 Å². The zero-order chi connectivity index (χ0) is 17.7. The van der Waals surface area contributed by atoms with Gasteiger partial charge in [-0.1, -0.05) is 20.8 Å². The molecule has 0 bridgehead atoms. The highest BCUT2D eigenvalue weighted by Crippen LogP contribution is 2.24. The quantitative estimate of drug-likeness (QED) is 0.787. The molecule has 0 fully saturated rings. The highest BCUT2D eigenvalue weighted by molar-refractivity contribution is 5.88. The fraction of sp³-hybridized carbons (Fsp3) is 0.389. The van der Waals surface area contributed by atoms with E-state index in [1.165, 1.54) is 10.9 Å². The average Bonchev–Trinajstić information content (AvgIpc) is 3.02. The van der Waals surface area contributed by atoms with Gasteiger partial charge in [0.15, 0.2) is 0 Å². The number of aromatic nitrogens is 2. The lowest BCUT2D eigenvalue weighted by Crippen LogP contribution is -2.17. The first kappa shape index (κ1) is 17.5. The summed E-state index contributed by atoms with van der Waals surface area (Å²) in [7, 11) is 0. The predicted molar refractivity (Wildman–Crippen MR) is 89.2 cm³/mol. The maximum atomic E-state index is 11.7. The van der Waals surface area contributed by atoms with Crippen molar-refractivity contribution in [1.29, 1.82) is 5.26 Å². The minimum Gasteiger partial charge on any atom is -0.492 e. The molecule has 0 aliphatic carbocycles. The van der Waals surface area contributed by atoms with Gasteiger partial charge in [-0.2, -0.15) is 10.4 Å². The minimum atomic E-state index is -0.422. The van der Waals surface area contributed by atoms with Crippen molar-refractivity contribution in [2.45, 2.75) is 27.7 Å². The number of rotatable bonds is 5. The van der Waals surface area contributed by atoms with Crippen molar-refractivity contribution in [3.63, 3.8) is 0 Å². The van der Waals surface area contributed by atoms with Gasteiger partial charge in [-0.3, -0.25) is 0 Å². The number of ether oxygens (including phenoxy) is 2. The Hall–Kier alpha value is -2.81. The molecule has 2 aromatic rings. The molecule has 1 aromatic carbocycles. The van der Waals surface area contributed by atoms with Crippen molar-refractivity contribution in [2.75, 3.05) is 13.2 Å². The summed E-state index contributed by atoms with van der Waals surface area (Å²) in [6.07, 6.45) is 3.01. The molecule has 0 N–H and O–H groups in total. The first-order chi connectivity index (χ1) is 11.3. The topological polar surface area (TPSA) is 77.1 Å². The number of esters is 1.